The number of carboxylic acids is 1. The Morgan fingerprint density at radius 3 is 2.50 bits per heavy atom. The number of hydrogen-bond acceptors (Lipinski definition) is 9. The number of carbonyl (C=O) groups excluding carboxylic acids is 1. The van der Waals surface area contributed by atoms with Crippen LogP contribution in [0.15, 0.2) is 30.6 Å². The highest BCUT2D eigenvalue weighted by Gasteiger charge is 2.33. The Bertz CT molecular complexity index is 1500. The molecule has 0 spiro atoms. The zero-order valence-corrected chi connectivity index (χ0v) is 25.3. The number of likely N-dealkylation sites (tertiary alicyclic amines) is 1. The number of halogens is 4. The minimum atomic E-state index is -4.72. The summed E-state index contributed by atoms with van der Waals surface area (Å²) in [6, 6.07) is 2.77. The van der Waals surface area contributed by atoms with Crippen molar-refractivity contribution in [1.82, 2.24) is 24.8 Å². The molecule has 2 atom stereocenters. The highest BCUT2D eigenvalue weighted by molar-refractivity contribution is 7.12. The van der Waals surface area contributed by atoms with Crippen molar-refractivity contribution in [3.63, 3.8) is 0 Å². The van der Waals surface area contributed by atoms with Crippen LogP contribution in [0, 0.1) is 5.82 Å². The predicted molar refractivity (Wildman–Crippen MR) is 157 cm³/mol. The van der Waals surface area contributed by atoms with Gasteiger partial charge in [-0.2, -0.15) is 13.2 Å². The number of thiazole rings is 1. The van der Waals surface area contributed by atoms with E-state index in [0.717, 1.165) is 31.5 Å². The molecule has 2 aromatic heterocycles. The number of hydrogen-bond donors (Lipinski definition) is 1. The van der Waals surface area contributed by atoms with Crippen molar-refractivity contribution in [3.8, 4) is 11.3 Å². The summed E-state index contributed by atoms with van der Waals surface area (Å²) in [5.41, 5.74) is -0.682. The smallest absolute Gasteiger partial charge is 0.416 e. The number of nitrogens with zero attached hydrogens (tertiary/aromatic N) is 6. The van der Waals surface area contributed by atoms with Gasteiger partial charge in [-0.05, 0) is 51.4 Å². The molecule has 0 bridgehead atoms. The zero-order valence-electron chi connectivity index (χ0n) is 24.5. The third kappa shape index (κ3) is 7.59. The number of anilines is 1. The molecule has 2 saturated heterocycles. The number of carbonyl (C=O) groups is 2. The Hall–Kier alpha value is -3.49. The van der Waals surface area contributed by atoms with Gasteiger partial charge < -0.3 is 10.0 Å². The molecule has 1 N–H and O–H groups in total. The Morgan fingerprint density at radius 2 is 1.86 bits per heavy atom. The van der Waals surface area contributed by atoms with Crippen LogP contribution in [0.5, 0.6) is 0 Å². The summed E-state index contributed by atoms with van der Waals surface area (Å²) in [4.78, 5) is 44.5. The van der Waals surface area contributed by atoms with Gasteiger partial charge in [0.05, 0.1) is 36.5 Å². The second-order valence-corrected chi connectivity index (χ2v) is 12.6. The predicted octanol–water partition coefficient (Wildman–Crippen LogP) is 5.15. The average Bonchev–Trinajstić information content (AvgIpc) is 3.56. The van der Waals surface area contributed by atoms with Crippen LogP contribution in [0.1, 0.15) is 59.0 Å². The van der Waals surface area contributed by atoms with E-state index >= 15 is 0 Å². The standard InChI is InChI=1S/C30H34F4N6O3S/c1-18-4-3-6-39(18)17-25-29(20-10-21(30(32,33)34)12-22(31)11-20)37-27(44-25)13-24(41)23-14-36-26(15-35-23)40-9-8-38(16-19(40)2)7-5-28(42)43/h10-12,14-15,18-19H,3-9,13,16-17H2,1-2H3,(H,42,43)/t18-,19+/m1/s1. The Kier molecular flexibility index (Phi) is 9.61. The molecule has 9 nitrogen and oxygen atoms in total. The van der Waals surface area contributed by atoms with E-state index in [1.54, 1.807) is 0 Å². The molecule has 0 radical (unpaired) electrons. The van der Waals surface area contributed by atoms with Gasteiger partial charge >= 0.3 is 12.1 Å². The van der Waals surface area contributed by atoms with Crippen LogP contribution in [0.25, 0.3) is 11.3 Å². The second-order valence-electron chi connectivity index (χ2n) is 11.4. The Labute approximate surface area is 256 Å². The molecule has 0 saturated carbocycles. The van der Waals surface area contributed by atoms with Crippen molar-refractivity contribution in [3.05, 3.63) is 57.6 Å². The second kappa shape index (κ2) is 13.2. The molecule has 4 heterocycles. The molecule has 2 fully saturated rings. The fraction of sp³-hybridized carbons (Fsp3) is 0.500. The number of carboxylic acid groups (broad SMARTS) is 1. The maximum Gasteiger partial charge on any atom is 0.416 e. The van der Waals surface area contributed by atoms with E-state index in [-0.39, 0.29) is 47.7 Å². The summed E-state index contributed by atoms with van der Waals surface area (Å²) >= 11 is 1.24. The molecule has 3 aromatic rings. The molecule has 236 valence electrons. The lowest BCUT2D eigenvalue weighted by atomic mass is 10.1. The van der Waals surface area contributed by atoms with Crippen LogP contribution in [0.4, 0.5) is 23.4 Å². The quantitative estimate of drug-likeness (QED) is 0.240. The molecule has 2 aliphatic heterocycles. The minimum Gasteiger partial charge on any atom is -0.481 e. The van der Waals surface area contributed by atoms with Gasteiger partial charge in [-0.15, -0.1) is 11.3 Å². The number of Topliss-reactive ketones (excluding diaryl/α,β-unsaturated/α-hetero) is 1. The van der Waals surface area contributed by atoms with Gasteiger partial charge in [0.1, 0.15) is 22.3 Å². The van der Waals surface area contributed by atoms with Gasteiger partial charge in [-0.3, -0.25) is 19.4 Å². The van der Waals surface area contributed by atoms with Crippen LogP contribution < -0.4 is 4.90 Å². The number of rotatable bonds is 10. The van der Waals surface area contributed by atoms with Crippen molar-refractivity contribution < 1.29 is 32.3 Å². The van der Waals surface area contributed by atoms with Crippen molar-refractivity contribution in [2.75, 3.05) is 37.6 Å². The molecular formula is C30H34F4N6O3S. The van der Waals surface area contributed by atoms with E-state index in [1.165, 1.54) is 23.7 Å². The zero-order chi connectivity index (χ0) is 31.6. The summed E-state index contributed by atoms with van der Waals surface area (Å²) in [6.07, 6.45) is 0.200. The number of benzene rings is 1. The number of aromatic nitrogens is 3. The number of alkyl halides is 3. The summed E-state index contributed by atoms with van der Waals surface area (Å²) in [5.74, 6) is -1.57. The van der Waals surface area contributed by atoms with E-state index in [1.807, 2.05) is 6.92 Å². The lowest BCUT2D eigenvalue weighted by Gasteiger charge is -2.40. The average molecular weight is 635 g/mol. The number of aliphatic carboxylic acids is 1. The number of ketones is 1. The molecule has 0 unspecified atom stereocenters. The molecule has 5 rings (SSSR count). The SMILES string of the molecule is C[C@@H]1CCCN1Cc1sc(CC(=O)c2cnc(N3CCN(CCC(=O)O)C[C@@H]3C)cn2)nc1-c1cc(F)cc(C(F)(F)F)c1. The molecule has 1 aromatic carbocycles. The molecular weight excluding hydrogens is 600 g/mol. The van der Waals surface area contributed by atoms with E-state index in [4.69, 9.17) is 5.11 Å². The van der Waals surface area contributed by atoms with Gasteiger partial charge in [0.2, 0.25) is 0 Å². The van der Waals surface area contributed by atoms with Crippen molar-refractivity contribution >= 4 is 28.9 Å². The normalized spacial score (nSPS) is 19.9. The molecule has 2 aliphatic rings. The van der Waals surface area contributed by atoms with E-state index < -0.39 is 23.5 Å². The van der Waals surface area contributed by atoms with Gasteiger partial charge in [0, 0.05) is 55.2 Å². The Balaban J connectivity index is 1.32. The first-order chi connectivity index (χ1) is 20.9. The molecule has 44 heavy (non-hydrogen) atoms. The third-order valence-electron chi connectivity index (χ3n) is 8.16. The van der Waals surface area contributed by atoms with E-state index in [0.29, 0.717) is 54.5 Å². The maximum absolute atomic E-state index is 14.3. The Morgan fingerprint density at radius 1 is 1.07 bits per heavy atom. The molecule has 14 heteroatoms. The van der Waals surface area contributed by atoms with Crippen LogP contribution in [-0.2, 0) is 23.9 Å². The fourth-order valence-corrected chi connectivity index (χ4v) is 6.90. The van der Waals surface area contributed by atoms with Crippen LogP contribution in [0.3, 0.4) is 0 Å². The van der Waals surface area contributed by atoms with E-state index in [2.05, 4.69) is 36.6 Å². The first kappa shape index (κ1) is 31.9. The van der Waals surface area contributed by atoms with Gasteiger partial charge in [-0.25, -0.2) is 19.3 Å². The lowest BCUT2D eigenvalue weighted by Crippen LogP contribution is -2.52. The summed E-state index contributed by atoms with van der Waals surface area (Å²) < 4.78 is 54.8. The van der Waals surface area contributed by atoms with Crippen molar-refractivity contribution in [2.45, 2.75) is 64.3 Å². The third-order valence-corrected chi connectivity index (χ3v) is 9.20. The monoisotopic (exact) mass is 634 g/mol. The van der Waals surface area contributed by atoms with Crippen LogP contribution in [0.2, 0.25) is 0 Å². The summed E-state index contributed by atoms with van der Waals surface area (Å²) in [7, 11) is 0. The summed E-state index contributed by atoms with van der Waals surface area (Å²) in [5, 5.41) is 9.35. The molecule has 0 aliphatic carbocycles. The van der Waals surface area contributed by atoms with Crippen LogP contribution >= 0.6 is 11.3 Å². The van der Waals surface area contributed by atoms with Gasteiger partial charge in [0.15, 0.2) is 5.78 Å². The van der Waals surface area contributed by atoms with Crippen molar-refractivity contribution in [2.24, 2.45) is 0 Å². The fourth-order valence-electron chi connectivity index (χ4n) is 5.78. The number of piperazine rings is 1. The first-order valence-corrected chi connectivity index (χ1v) is 15.4. The molecule has 0 amide bonds. The van der Waals surface area contributed by atoms with Gasteiger partial charge in [0.25, 0.3) is 0 Å². The minimum absolute atomic E-state index is 0.0236. The van der Waals surface area contributed by atoms with Gasteiger partial charge in [-0.1, -0.05) is 0 Å². The van der Waals surface area contributed by atoms with E-state index in [9.17, 15) is 27.2 Å². The first-order valence-electron chi connectivity index (χ1n) is 14.5. The largest absolute Gasteiger partial charge is 0.481 e. The topological polar surface area (TPSA) is 103 Å². The highest BCUT2D eigenvalue weighted by atomic mass is 32.1. The van der Waals surface area contributed by atoms with Crippen LogP contribution in [-0.4, -0.2) is 86.4 Å². The summed E-state index contributed by atoms with van der Waals surface area (Å²) in [6.45, 7) is 7.86. The van der Waals surface area contributed by atoms with Crippen molar-refractivity contribution in [1.29, 1.82) is 0 Å². The lowest BCUT2D eigenvalue weighted by molar-refractivity contribution is -0.138. The maximum atomic E-state index is 14.3. The highest BCUT2D eigenvalue weighted by Crippen LogP contribution is 2.37.